The van der Waals surface area contributed by atoms with Crippen molar-refractivity contribution in [1.82, 2.24) is 20.2 Å². The van der Waals surface area contributed by atoms with Gasteiger partial charge in [-0.3, -0.25) is 0 Å². The molecule has 2 aromatic rings. The molecule has 174 valence electrons. The van der Waals surface area contributed by atoms with Crippen molar-refractivity contribution >= 4 is 11.0 Å². The van der Waals surface area contributed by atoms with Crippen LogP contribution in [0.15, 0.2) is 35.9 Å². The highest BCUT2D eigenvalue weighted by Crippen LogP contribution is 2.31. The molecule has 2 N–H and O–H groups in total. The first-order valence-corrected chi connectivity index (χ1v) is 12.1. The summed E-state index contributed by atoms with van der Waals surface area (Å²) in [7, 11) is 2.03. The van der Waals surface area contributed by atoms with E-state index in [0.717, 1.165) is 37.3 Å². The highest BCUT2D eigenvalue weighted by Gasteiger charge is 2.21. The standard InChI is InChI=1S/C25H38N4.C3H4/c1-5-6-7-8-19(2)9-10-24-27-23-18-22(17-20(3)25(23)28-24)21-11-14-29(15-12-21)16-13-26-4;1-3-2/h7-9,17-18,21,26H,5-6,10-16H2,1-4H3,(H,27,28);1H,2H3/b8-7-,19-9-;. The fraction of sp³-hybridized carbons (Fsp3) is 0.536. The molecule has 0 radical (unpaired) electrons. The summed E-state index contributed by atoms with van der Waals surface area (Å²) in [5, 5.41) is 3.26. The first kappa shape index (κ1) is 25.9. The molecule has 0 unspecified atom stereocenters. The van der Waals surface area contributed by atoms with Crippen LogP contribution in [0.3, 0.4) is 0 Å². The van der Waals surface area contributed by atoms with Crippen molar-refractivity contribution in [1.29, 1.82) is 0 Å². The fourth-order valence-corrected chi connectivity index (χ4v) is 4.22. The van der Waals surface area contributed by atoms with Crippen molar-refractivity contribution in [3.8, 4) is 12.3 Å². The minimum atomic E-state index is 0.668. The molecule has 32 heavy (non-hydrogen) atoms. The summed E-state index contributed by atoms with van der Waals surface area (Å²) >= 11 is 0. The number of benzene rings is 1. The van der Waals surface area contributed by atoms with Crippen molar-refractivity contribution in [3.05, 3.63) is 52.9 Å². The smallest absolute Gasteiger partial charge is 0.111 e. The predicted molar refractivity (Wildman–Crippen MR) is 139 cm³/mol. The van der Waals surface area contributed by atoms with E-state index >= 15 is 0 Å². The van der Waals surface area contributed by atoms with Crippen molar-refractivity contribution < 1.29 is 0 Å². The predicted octanol–water partition coefficient (Wildman–Crippen LogP) is 5.75. The van der Waals surface area contributed by atoms with Gasteiger partial charge in [0.15, 0.2) is 0 Å². The molecule has 1 aliphatic rings. The molecular formula is C28H42N4. The largest absolute Gasteiger partial charge is 0.342 e. The molecule has 3 rings (SSSR count). The molecule has 0 saturated carbocycles. The minimum Gasteiger partial charge on any atom is -0.342 e. The molecule has 1 saturated heterocycles. The normalized spacial score (nSPS) is 15.7. The van der Waals surface area contributed by atoms with Crippen LogP contribution in [-0.4, -0.2) is 48.1 Å². The average molecular weight is 435 g/mol. The Morgan fingerprint density at radius 2 is 2.06 bits per heavy atom. The zero-order valence-corrected chi connectivity index (χ0v) is 20.8. The number of hydrogen-bond donors (Lipinski definition) is 2. The van der Waals surface area contributed by atoms with E-state index in [4.69, 9.17) is 4.98 Å². The van der Waals surface area contributed by atoms with E-state index in [2.05, 4.69) is 78.7 Å². The quantitative estimate of drug-likeness (QED) is 0.390. The lowest BCUT2D eigenvalue weighted by Crippen LogP contribution is -2.37. The van der Waals surface area contributed by atoms with E-state index < -0.39 is 0 Å². The Labute approximate surface area is 195 Å². The summed E-state index contributed by atoms with van der Waals surface area (Å²) in [6.45, 7) is 12.9. The van der Waals surface area contributed by atoms with Gasteiger partial charge in [0.05, 0.1) is 11.0 Å². The van der Waals surface area contributed by atoms with Gasteiger partial charge in [-0.15, -0.1) is 12.3 Å². The molecule has 2 heterocycles. The molecule has 0 spiro atoms. The van der Waals surface area contributed by atoms with Gasteiger partial charge < -0.3 is 15.2 Å². The summed E-state index contributed by atoms with van der Waals surface area (Å²) in [6, 6.07) is 4.72. The highest BCUT2D eigenvalue weighted by molar-refractivity contribution is 5.79. The van der Waals surface area contributed by atoms with Gasteiger partial charge in [-0.2, -0.15) is 0 Å². The van der Waals surface area contributed by atoms with Gasteiger partial charge in [0, 0.05) is 19.5 Å². The summed E-state index contributed by atoms with van der Waals surface area (Å²) < 4.78 is 0. The number of aromatic nitrogens is 2. The zero-order chi connectivity index (χ0) is 23.3. The van der Waals surface area contributed by atoms with E-state index in [1.807, 2.05) is 7.05 Å². The molecule has 0 aliphatic carbocycles. The Morgan fingerprint density at radius 3 is 2.72 bits per heavy atom. The number of terminal acetylenes is 1. The third-order valence-electron chi connectivity index (χ3n) is 6.04. The molecule has 0 amide bonds. The number of H-pyrrole nitrogens is 1. The van der Waals surface area contributed by atoms with Crippen molar-refractivity contribution in [2.45, 2.75) is 65.7 Å². The molecule has 1 aromatic heterocycles. The van der Waals surface area contributed by atoms with Crippen LogP contribution in [0.5, 0.6) is 0 Å². The van der Waals surface area contributed by atoms with Gasteiger partial charge in [-0.1, -0.05) is 43.2 Å². The number of allylic oxidation sites excluding steroid dienone is 4. The molecule has 1 aliphatic heterocycles. The number of fused-ring (bicyclic) bond motifs is 1. The molecule has 1 aromatic carbocycles. The number of likely N-dealkylation sites (N-methyl/N-ethyl adjacent to an activating group) is 1. The van der Waals surface area contributed by atoms with E-state index in [1.54, 1.807) is 6.92 Å². The Bertz CT molecular complexity index is 921. The number of aromatic amines is 1. The van der Waals surface area contributed by atoms with Gasteiger partial charge in [-0.25, -0.2) is 4.98 Å². The fourth-order valence-electron chi connectivity index (χ4n) is 4.22. The molecule has 4 heteroatoms. The van der Waals surface area contributed by atoms with Crippen LogP contribution in [0.4, 0.5) is 0 Å². The lowest BCUT2D eigenvalue weighted by molar-refractivity contribution is 0.214. The third kappa shape index (κ3) is 7.97. The first-order valence-electron chi connectivity index (χ1n) is 12.1. The lowest BCUT2D eigenvalue weighted by atomic mass is 9.88. The van der Waals surface area contributed by atoms with Crippen LogP contribution in [-0.2, 0) is 6.42 Å². The lowest BCUT2D eigenvalue weighted by Gasteiger charge is -2.32. The van der Waals surface area contributed by atoms with E-state index in [1.165, 1.54) is 54.6 Å². The van der Waals surface area contributed by atoms with Crippen LogP contribution in [0.1, 0.15) is 69.3 Å². The molecule has 1 fully saturated rings. The SMILES string of the molecule is C#CC.CCC/C=C\C(C)=C/Cc1nc2c(C)cc(C3CCN(CCNC)CC3)cc2[nH]1. The number of piperidine rings is 1. The summed E-state index contributed by atoms with van der Waals surface area (Å²) in [5.74, 6) is 3.98. The van der Waals surface area contributed by atoms with Crippen LogP contribution in [0.25, 0.3) is 11.0 Å². The van der Waals surface area contributed by atoms with Crippen molar-refractivity contribution in [2.24, 2.45) is 0 Å². The number of nitrogens with one attached hydrogen (secondary N) is 2. The maximum Gasteiger partial charge on any atom is 0.111 e. The molecule has 0 bridgehead atoms. The van der Waals surface area contributed by atoms with E-state index in [-0.39, 0.29) is 0 Å². The maximum atomic E-state index is 4.87. The maximum absolute atomic E-state index is 4.87. The Hall–Kier alpha value is -2.35. The first-order chi connectivity index (χ1) is 15.5. The van der Waals surface area contributed by atoms with Crippen LogP contribution < -0.4 is 5.32 Å². The van der Waals surface area contributed by atoms with Crippen LogP contribution in [0, 0.1) is 19.3 Å². The summed E-state index contributed by atoms with van der Waals surface area (Å²) in [5.41, 5.74) is 6.40. The number of aryl methyl sites for hydroxylation is 1. The van der Waals surface area contributed by atoms with Crippen LogP contribution in [0.2, 0.25) is 0 Å². The average Bonchev–Trinajstić information content (AvgIpc) is 3.21. The van der Waals surface area contributed by atoms with E-state index in [0.29, 0.717) is 5.92 Å². The Kier molecular flexibility index (Phi) is 11.3. The number of hydrogen-bond acceptors (Lipinski definition) is 3. The second-order valence-electron chi connectivity index (χ2n) is 8.77. The van der Waals surface area contributed by atoms with Gasteiger partial charge >= 0.3 is 0 Å². The summed E-state index contributed by atoms with van der Waals surface area (Å²) in [6.07, 6.45) is 17.0. The second kappa shape index (κ2) is 13.9. The van der Waals surface area contributed by atoms with Gasteiger partial charge in [0.1, 0.15) is 5.82 Å². The van der Waals surface area contributed by atoms with E-state index in [9.17, 15) is 0 Å². The molecular weight excluding hydrogens is 392 g/mol. The van der Waals surface area contributed by atoms with Crippen LogP contribution >= 0.6 is 0 Å². The monoisotopic (exact) mass is 434 g/mol. The van der Waals surface area contributed by atoms with Crippen molar-refractivity contribution in [2.75, 3.05) is 33.2 Å². The van der Waals surface area contributed by atoms with Crippen molar-refractivity contribution in [3.63, 3.8) is 0 Å². The number of imidazole rings is 1. The minimum absolute atomic E-state index is 0.668. The highest BCUT2D eigenvalue weighted by atomic mass is 15.1. The molecule has 4 nitrogen and oxygen atoms in total. The topological polar surface area (TPSA) is 44.0 Å². The number of likely N-dealkylation sites (tertiary alicyclic amines) is 1. The molecule has 0 atom stereocenters. The van der Waals surface area contributed by atoms with Gasteiger partial charge in [0.2, 0.25) is 0 Å². The number of nitrogens with zero attached hydrogens (tertiary/aromatic N) is 2. The Balaban J connectivity index is 0.00000114. The number of rotatable bonds is 9. The second-order valence-corrected chi connectivity index (χ2v) is 8.77. The zero-order valence-electron chi connectivity index (χ0n) is 20.8. The Morgan fingerprint density at radius 1 is 1.34 bits per heavy atom. The summed E-state index contributed by atoms with van der Waals surface area (Å²) in [4.78, 5) is 11.0. The third-order valence-corrected chi connectivity index (χ3v) is 6.04. The van der Waals surface area contributed by atoms with Gasteiger partial charge in [0.25, 0.3) is 0 Å². The van der Waals surface area contributed by atoms with Gasteiger partial charge in [-0.05, 0) is 83.3 Å². The number of unbranched alkanes of at least 4 members (excludes halogenated alkanes) is 1.